The van der Waals surface area contributed by atoms with E-state index in [9.17, 15) is 4.79 Å². The highest BCUT2D eigenvalue weighted by Gasteiger charge is 2.16. The Balaban J connectivity index is 1.90. The second-order valence-corrected chi connectivity index (χ2v) is 6.15. The first-order valence-corrected chi connectivity index (χ1v) is 8.07. The number of amides is 1. The van der Waals surface area contributed by atoms with E-state index in [1.165, 1.54) is 17.7 Å². The lowest BCUT2D eigenvalue weighted by atomic mass is 10.1. The largest absolute Gasteiger partial charge is 0.362 e. The molecule has 1 amide bonds. The minimum absolute atomic E-state index is 0.302. The molecule has 1 aliphatic rings. The van der Waals surface area contributed by atoms with E-state index >= 15 is 0 Å². The quantitative estimate of drug-likeness (QED) is 0.901. The fraction of sp³-hybridized carbons (Fsp3) is 0.714. The molecule has 1 fully saturated rings. The predicted molar refractivity (Wildman–Crippen MR) is 79.4 cm³/mol. The maximum Gasteiger partial charge on any atom is 0.222 e. The number of carbonyl (C=O) groups excluding carboxylic acids is 1. The molecule has 0 bridgehead atoms. The number of hydrogen-bond donors (Lipinski definition) is 1. The summed E-state index contributed by atoms with van der Waals surface area (Å²) in [6.45, 7) is 4.72. The number of carbonyl (C=O) groups is 1. The molecule has 19 heavy (non-hydrogen) atoms. The zero-order valence-corrected chi connectivity index (χ0v) is 12.5. The van der Waals surface area contributed by atoms with Crippen LogP contribution in [0.4, 0.5) is 5.13 Å². The van der Waals surface area contributed by atoms with Gasteiger partial charge in [0, 0.05) is 30.6 Å². The van der Waals surface area contributed by atoms with Gasteiger partial charge in [0.1, 0.15) is 0 Å². The highest BCUT2D eigenvalue weighted by Crippen LogP contribution is 2.21. The van der Waals surface area contributed by atoms with Gasteiger partial charge in [-0.3, -0.25) is 4.79 Å². The van der Waals surface area contributed by atoms with Crippen molar-refractivity contribution >= 4 is 22.4 Å². The van der Waals surface area contributed by atoms with Crippen molar-refractivity contribution < 1.29 is 4.79 Å². The van der Waals surface area contributed by atoms with Crippen LogP contribution >= 0.6 is 11.3 Å². The summed E-state index contributed by atoms with van der Waals surface area (Å²) in [7, 11) is 0. The van der Waals surface area contributed by atoms with Crippen molar-refractivity contribution in [2.45, 2.75) is 52.0 Å². The summed E-state index contributed by atoms with van der Waals surface area (Å²) in [6, 6.07) is 0. The normalized spacial score (nSPS) is 17.1. The summed E-state index contributed by atoms with van der Waals surface area (Å²) in [5.41, 5.74) is 0. The molecule has 106 valence electrons. The van der Waals surface area contributed by atoms with E-state index in [2.05, 4.69) is 17.2 Å². The van der Waals surface area contributed by atoms with Crippen molar-refractivity contribution in [1.29, 1.82) is 0 Å². The molecule has 0 aromatic carbocycles. The Morgan fingerprint density at radius 3 is 3.05 bits per heavy atom. The molecule has 0 saturated carbocycles. The van der Waals surface area contributed by atoms with E-state index in [4.69, 9.17) is 0 Å². The van der Waals surface area contributed by atoms with Crippen LogP contribution in [0.25, 0.3) is 0 Å². The van der Waals surface area contributed by atoms with Crippen LogP contribution in [-0.2, 0) is 11.3 Å². The van der Waals surface area contributed by atoms with Crippen LogP contribution in [0, 0.1) is 0 Å². The van der Waals surface area contributed by atoms with Crippen LogP contribution in [0.2, 0.25) is 0 Å². The minimum atomic E-state index is 0.302. The van der Waals surface area contributed by atoms with Gasteiger partial charge >= 0.3 is 0 Å². The molecule has 2 rings (SSSR count). The Kier molecular flexibility index (Phi) is 5.63. The highest BCUT2D eigenvalue weighted by atomic mass is 32.1. The summed E-state index contributed by atoms with van der Waals surface area (Å²) in [6.07, 6.45) is 8.32. The van der Waals surface area contributed by atoms with Crippen molar-refractivity contribution in [3.8, 4) is 0 Å². The van der Waals surface area contributed by atoms with E-state index in [0.29, 0.717) is 12.3 Å². The minimum Gasteiger partial charge on any atom is -0.362 e. The van der Waals surface area contributed by atoms with E-state index in [0.717, 1.165) is 44.0 Å². The number of hydrogen-bond acceptors (Lipinski definition) is 4. The van der Waals surface area contributed by atoms with Crippen LogP contribution in [0.15, 0.2) is 6.20 Å². The van der Waals surface area contributed by atoms with Crippen LogP contribution < -0.4 is 5.32 Å². The molecular formula is C14H23N3OS. The van der Waals surface area contributed by atoms with Gasteiger partial charge in [0.15, 0.2) is 5.13 Å². The van der Waals surface area contributed by atoms with E-state index in [1.807, 2.05) is 11.1 Å². The predicted octanol–water partition coefficient (Wildman–Crippen LogP) is 3.26. The smallest absolute Gasteiger partial charge is 0.222 e. The number of rotatable bonds is 5. The maximum atomic E-state index is 12.0. The molecule has 1 aliphatic heterocycles. The topological polar surface area (TPSA) is 45.2 Å². The van der Waals surface area contributed by atoms with Crippen molar-refractivity contribution in [3.63, 3.8) is 0 Å². The molecule has 0 aliphatic carbocycles. The number of likely N-dealkylation sites (tertiary alicyclic amines) is 1. The van der Waals surface area contributed by atoms with Gasteiger partial charge in [0.05, 0.1) is 6.54 Å². The van der Waals surface area contributed by atoms with E-state index in [1.54, 1.807) is 11.3 Å². The third-order valence-electron chi connectivity index (χ3n) is 3.35. The van der Waals surface area contributed by atoms with E-state index in [-0.39, 0.29) is 0 Å². The molecule has 1 saturated heterocycles. The van der Waals surface area contributed by atoms with E-state index < -0.39 is 0 Å². The van der Waals surface area contributed by atoms with Gasteiger partial charge in [-0.1, -0.05) is 19.8 Å². The lowest BCUT2D eigenvalue weighted by Gasteiger charge is -2.24. The molecule has 0 spiro atoms. The molecule has 5 heteroatoms. The van der Waals surface area contributed by atoms with Crippen LogP contribution in [0.3, 0.4) is 0 Å². The third-order valence-corrected chi connectivity index (χ3v) is 4.29. The second-order valence-electron chi connectivity index (χ2n) is 5.04. The van der Waals surface area contributed by atoms with Crippen LogP contribution in [0.5, 0.6) is 0 Å². The number of thiazole rings is 1. The fourth-order valence-corrected chi connectivity index (χ4v) is 3.12. The Morgan fingerprint density at radius 2 is 2.21 bits per heavy atom. The van der Waals surface area contributed by atoms with Crippen molar-refractivity contribution in [3.05, 3.63) is 11.1 Å². The lowest BCUT2D eigenvalue weighted by Crippen LogP contribution is -2.32. The third kappa shape index (κ3) is 4.49. The highest BCUT2D eigenvalue weighted by molar-refractivity contribution is 7.15. The Labute approximate surface area is 119 Å². The molecule has 4 nitrogen and oxygen atoms in total. The zero-order valence-electron chi connectivity index (χ0n) is 11.7. The van der Waals surface area contributed by atoms with Gasteiger partial charge < -0.3 is 10.2 Å². The van der Waals surface area contributed by atoms with Crippen LogP contribution in [-0.4, -0.2) is 28.9 Å². The number of anilines is 1. The lowest BCUT2D eigenvalue weighted by molar-refractivity contribution is -0.132. The molecule has 0 atom stereocenters. The summed E-state index contributed by atoms with van der Waals surface area (Å²) < 4.78 is 0. The molecule has 2 heterocycles. The monoisotopic (exact) mass is 281 g/mol. The molecule has 0 radical (unpaired) electrons. The molecule has 1 aromatic rings. The maximum absolute atomic E-state index is 12.0. The van der Waals surface area contributed by atoms with Gasteiger partial charge in [-0.2, -0.15) is 0 Å². The molecule has 1 aromatic heterocycles. The number of nitrogens with one attached hydrogen (secondary N) is 1. The van der Waals surface area contributed by atoms with Gasteiger partial charge in [-0.25, -0.2) is 4.98 Å². The van der Waals surface area contributed by atoms with Gasteiger partial charge in [-0.15, -0.1) is 11.3 Å². The first-order chi connectivity index (χ1) is 9.29. The first-order valence-electron chi connectivity index (χ1n) is 7.26. The Morgan fingerprint density at radius 1 is 1.37 bits per heavy atom. The summed E-state index contributed by atoms with van der Waals surface area (Å²) >= 11 is 1.66. The van der Waals surface area contributed by atoms with Gasteiger partial charge in [0.25, 0.3) is 0 Å². The average Bonchev–Trinajstić information content (AvgIpc) is 2.84. The van der Waals surface area contributed by atoms with Gasteiger partial charge in [0.2, 0.25) is 5.91 Å². The second kappa shape index (κ2) is 7.48. The van der Waals surface area contributed by atoms with Crippen molar-refractivity contribution in [2.24, 2.45) is 0 Å². The molecule has 0 unspecified atom stereocenters. The summed E-state index contributed by atoms with van der Waals surface area (Å²) in [5.74, 6) is 0.302. The standard InChI is InChI=1S/C14H23N3OS/c1-2-8-15-14-16-10-12(19-14)11-17-9-6-4-3-5-7-13(17)18/h10H,2-9,11H2,1H3,(H,15,16). The van der Waals surface area contributed by atoms with Gasteiger partial charge in [-0.05, 0) is 19.3 Å². The number of nitrogens with zero attached hydrogens (tertiary/aromatic N) is 2. The molecule has 1 N–H and O–H groups in total. The SMILES string of the molecule is CCCNc1ncc(CN2CCCCCCC2=O)s1. The Bertz CT molecular complexity index is 405. The molecular weight excluding hydrogens is 258 g/mol. The van der Waals surface area contributed by atoms with Crippen molar-refractivity contribution in [2.75, 3.05) is 18.4 Å². The number of aromatic nitrogens is 1. The average molecular weight is 281 g/mol. The first kappa shape index (κ1) is 14.3. The zero-order chi connectivity index (χ0) is 13.5. The fourth-order valence-electron chi connectivity index (χ4n) is 2.26. The Hall–Kier alpha value is -1.10. The summed E-state index contributed by atoms with van der Waals surface area (Å²) in [5, 5.41) is 4.26. The summed E-state index contributed by atoms with van der Waals surface area (Å²) in [4.78, 5) is 19.6. The van der Waals surface area contributed by atoms with Crippen LogP contribution in [0.1, 0.15) is 50.3 Å². The van der Waals surface area contributed by atoms with Crippen molar-refractivity contribution in [1.82, 2.24) is 9.88 Å².